The van der Waals surface area contributed by atoms with Gasteiger partial charge in [0.05, 0.1) is 20.9 Å². The van der Waals surface area contributed by atoms with Crippen LogP contribution in [0.1, 0.15) is 41.3 Å². The summed E-state index contributed by atoms with van der Waals surface area (Å²) < 4.78 is 68.1. The summed E-state index contributed by atoms with van der Waals surface area (Å²) >= 11 is 5.99. The van der Waals surface area contributed by atoms with E-state index in [-0.39, 0.29) is 42.8 Å². The molecular weight excluding hydrogens is 443 g/mol. The first-order valence-corrected chi connectivity index (χ1v) is 11.8. The van der Waals surface area contributed by atoms with E-state index >= 15 is 4.39 Å². The molecule has 0 unspecified atom stereocenters. The third-order valence-electron chi connectivity index (χ3n) is 7.55. The van der Waals surface area contributed by atoms with E-state index in [1.165, 1.54) is 0 Å². The molecule has 6 rings (SSSR count). The fraction of sp³-hybridized carbons (Fsp3) is 0.727. The van der Waals surface area contributed by atoms with Gasteiger partial charge in [-0.15, -0.1) is 0 Å². The second-order valence-corrected chi connectivity index (χ2v) is 9.91. The lowest BCUT2D eigenvalue weighted by atomic mass is 9.95. The summed E-state index contributed by atoms with van der Waals surface area (Å²) in [4.78, 5) is 12.4. The van der Waals surface area contributed by atoms with Crippen LogP contribution in [-0.4, -0.2) is 75.9 Å². The molecule has 174 valence electrons. The van der Waals surface area contributed by atoms with Gasteiger partial charge in [-0.1, -0.05) is 12.5 Å². The molecule has 1 aromatic rings. The Labute approximate surface area is 192 Å². The van der Waals surface area contributed by atoms with Crippen molar-refractivity contribution in [3.63, 3.8) is 0 Å². The van der Waals surface area contributed by atoms with E-state index in [9.17, 15) is 8.78 Å². The molecule has 0 radical (unpaired) electrons. The summed E-state index contributed by atoms with van der Waals surface area (Å²) in [5.41, 5.74) is -1.13. The van der Waals surface area contributed by atoms with E-state index in [0.717, 1.165) is 30.1 Å². The molecule has 0 aromatic carbocycles. The first kappa shape index (κ1) is 18.7. The second-order valence-electron chi connectivity index (χ2n) is 9.51. The smallest absolute Gasteiger partial charge is 0.319 e. The molecule has 1 aromatic heterocycles. The molecule has 5 heterocycles. The topological polar surface area (TPSA) is 44.7 Å². The standard InChI is InChI=1S/C22H27ClF3N5O/c23-31-9-5-15-17(19(31)26)27-21(32-12-22-6-3-7-29(22)11-13(24)10-22)28-20(15)30-8-2-1-4-14-16(25)18(14)30/h5,13-14,16,18H,1-4,6-12H2/t13-,14+,16+,18+,22+/m1/s1/i12D2. The van der Waals surface area contributed by atoms with Crippen molar-refractivity contribution >= 4 is 29.6 Å². The Bertz CT molecular complexity index is 1130. The average molecular weight is 472 g/mol. The molecule has 4 aliphatic heterocycles. The fourth-order valence-corrected chi connectivity index (χ4v) is 6.07. The summed E-state index contributed by atoms with van der Waals surface area (Å²) in [6.07, 6.45) is 3.31. The summed E-state index contributed by atoms with van der Waals surface area (Å²) in [6, 6.07) is -0.697. The van der Waals surface area contributed by atoms with Crippen molar-refractivity contribution in [3.8, 4) is 6.01 Å². The normalized spacial score (nSPS) is 37.7. The quantitative estimate of drug-likeness (QED) is 0.495. The zero-order valence-electron chi connectivity index (χ0n) is 19.6. The van der Waals surface area contributed by atoms with E-state index in [4.69, 9.17) is 19.3 Å². The lowest BCUT2D eigenvalue weighted by molar-refractivity contribution is 0.107. The fourth-order valence-electron chi connectivity index (χ4n) is 5.92. The van der Waals surface area contributed by atoms with Crippen LogP contribution in [0.3, 0.4) is 0 Å². The van der Waals surface area contributed by atoms with Gasteiger partial charge in [-0.3, -0.25) is 9.32 Å². The maximum absolute atomic E-state index is 15.1. The van der Waals surface area contributed by atoms with Gasteiger partial charge in [0.2, 0.25) is 5.95 Å². The highest BCUT2D eigenvalue weighted by Gasteiger charge is 2.55. The molecule has 0 amide bonds. The first-order valence-electron chi connectivity index (χ1n) is 12.4. The van der Waals surface area contributed by atoms with Crippen LogP contribution in [0.4, 0.5) is 19.0 Å². The minimum atomic E-state index is -2.31. The van der Waals surface area contributed by atoms with Crippen LogP contribution in [0.2, 0.25) is 0 Å². The number of halogens is 4. The van der Waals surface area contributed by atoms with Crippen LogP contribution >= 0.6 is 11.8 Å². The van der Waals surface area contributed by atoms with E-state index in [2.05, 4.69) is 9.97 Å². The van der Waals surface area contributed by atoms with Crippen molar-refractivity contribution in [2.45, 2.75) is 62.4 Å². The predicted molar refractivity (Wildman–Crippen MR) is 115 cm³/mol. The Morgan fingerprint density at radius 2 is 2.12 bits per heavy atom. The lowest BCUT2D eigenvalue weighted by Crippen LogP contribution is -2.46. The van der Waals surface area contributed by atoms with Gasteiger partial charge in [-0.25, -0.2) is 8.78 Å². The Hall–Kier alpha value is -1.74. The zero-order chi connectivity index (χ0) is 23.8. The van der Waals surface area contributed by atoms with Gasteiger partial charge in [-0.05, 0) is 32.2 Å². The van der Waals surface area contributed by atoms with Crippen molar-refractivity contribution in [3.05, 3.63) is 10.6 Å². The van der Waals surface area contributed by atoms with E-state index in [1.54, 1.807) is 11.0 Å². The van der Waals surface area contributed by atoms with Gasteiger partial charge in [0, 0.05) is 42.4 Å². The van der Waals surface area contributed by atoms with Crippen LogP contribution in [-0.2, 0) is 0 Å². The molecule has 4 fully saturated rings. The Morgan fingerprint density at radius 1 is 1.25 bits per heavy atom. The number of hydrogen-bond acceptors (Lipinski definition) is 6. The molecule has 1 saturated carbocycles. The van der Waals surface area contributed by atoms with Gasteiger partial charge < -0.3 is 9.64 Å². The molecule has 0 spiro atoms. The SMILES string of the molecule is [2H]C([2H])(Oc1nc(N2CCCC[C@H]3[C@H](F)[C@H]32)c2c(n1)=C(F)N(Cl)CC=2)[C@@]12CCCN1C[C@H](F)C2. The summed E-state index contributed by atoms with van der Waals surface area (Å²) in [7, 11) is 0. The molecule has 1 aliphatic carbocycles. The van der Waals surface area contributed by atoms with Gasteiger partial charge in [0.1, 0.15) is 30.1 Å². The van der Waals surface area contributed by atoms with Crippen molar-refractivity contribution in [1.29, 1.82) is 0 Å². The number of ether oxygens (including phenoxy) is 1. The van der Waals surface area contributed by atoms with Crippen LogP contribution in [0.5, 0.6) is 6.01 Å². The van der Waals surface area contributed by atoms with Gasteiger partial charge in [0.15, 0.2) is 0 Å². The van der Waals surface area contributed by atoms with Crippen molar-refractivity contribution in [2.24, 2.45) is 5.92 Å². The van der Waals surface area contributed by atoms with Gasteiger partial charge in [0.25, 0.3) is 0 Å². The molecule has 3 saturated heterocycles. The number of fused-ring (bicyclic) bond motifs is 3. The molecule has 6 nitrogen and oxygen atoms in total. The lowest BCUT2D eigenvalue weighted by Gasteiger charge is -2.31. The van der Waals surface area contributed by atoms with Crippen LogP contribution in [0.25, 0.3) is 12.0 Å². The highest BCUT2D eigenvalue weighted by Crippen LogP contribution is 2.46. The molecule has 0 N–H and O–H groups in total. The molecule has 32 heavy (non-hydrogen) atoms. The summed E-state index contributed by atoms with van der Waals surface area (Å²) in [5, 5.41) is 0.303. The maximum Gasteiger partial charge on any atom is 0.319 e. The average Bonchev–Trinajstić information content (AvgIpc) is 3.14. The molecular formula is C22H27ClF3N5O. The number of anilines is 1. The number of aromatic nitrogens is 2. The van der Waals surface area contributed by atoms with Gasteiger partial charge >= 0.3 is 6.01 Å². The van der Waals surface area contributed by atoms with Crippen molar-refractivity contribution < 1.29 is 20.6 Å². The summed E-state index contributed by atoms with van der Waals surface area (Å²) in [5.74, 6) is -0.544. The van der Waals surface area contributed by atoms with Crippen LogP contribution in [0, 0.1) is 5.92 Å². The number of hydrogen-bond donors (Lipinski definition) is 0. The monoisotopic (exact) mass is 471 g/mol. The Morgan fingerprint density at radius 3 is 3.00 bits per heavy atom. The number of alkyl halides is 2. The van der Waals surface area contributed by atoms with E-state index in [0.29, 0.717) is 30.5 Å². The van der Waals surface area contributed by atoms with Crippen molar-refractivity contribution in [1.82, 2.24) is 19.3 Å². The van der Waals surface area contributed by atoms with E-state index < -0.39 is 30.4 Å². The highest BCUT2D eigenvalue weighted by atomic mass is 35.5. The minimum absolute atomic E-state index is 0.0148. The summed E-state index contributed by atoms with van der Waals surface area (Å²) in [6.45, 7) is -0.915. The zero-order valence-corrected chi connectivity index (χ0v) is 18.4. The molecule has 10 heteroatoms. The molecule has 0 bridgehead atoms. The van der Waals surface area contributed by atoms with Crippen LogP contribution in [0.15, 0.2) is 0 Å². The Kier molecular flexibility index (Phi) is 4.46. The number of nitrogens with zero attached hydrogens (tertiary/aromatic N) is 5. The molecule has 5 aliphatic rings. The van der Waals surface area contributed by atoms with E-state index in [1.807, 2.05) is 4.90 Å². The largest absolute Gasteiger partial charge is 0.461 e. The minimum Gasteiger partial charge on any atom is -0.461 e. The van der Waals surface area contributed by atoms with Gasteiger partial charge in [-0.2, -0.15) is 14.4 Å². The van der Waals surface area contributed by atoms with Crippen LogP contribution < -0.4 is 20.2 Å². The molecule has 5 atom stereocenters. The Balaban J connectivity index is 1.44. The highest BCUT2D eigenvalue weighted by molar-refractivity contribution is 6.16. The third kappa shape index (κ3) is 3.26. The third-order valence-corrected chi connectivity index (χ3v) is 7.84. The second kappa shape index (κ2) is 7.65. The number of rotatable bonds is 4. The van der Waals surface area contributed by atoms with Crippen molar-refractivity contribution in [2.75, 3.05) is 37.6 Å². The first-order chi connectivity index (χ1) is 16.2. The maximum atomic E-state index is 15.1. The predicted octanol–water partition coefficient (Wildman–Crippen LogP) is 2.04.